The third kappa shape index (κ3) is 5.89. The third-order valence-electron chi connectivity index (χ3n) is 2.52. The Bertz CT molecular complexity index is 562. The maximum atomic E-state index is 11.7. The average molecular weight is 365 g/mol. The zero-order valence-electron chi connectivity index (χ0n) is 10.8. The first-order valence-corrected chi connectivity index (χ1v) is 8.75. The molecule has 1 aromatic rings. The van der Waals surface area contributed by atoms with E-state index in [-0.39, 0.29) is 12.2 Å². The second-order valence-electron chi connectivity index (χ2n) is 4.31. The largest absolute Gasteiger partial charge is 0.480 e. The van der Waals surface area contributed by atoms with Crippen LogP contribution >= 0.6 is 15.9 Å². The summed E-state index contributed by atoms with van der Waals surface area (Å²) in [5.74, 6) is -1.06. The normalized spacial score (nSPS) is 12.9. The standard InChI is InChI=1S/C12H17BrN2O4S/c13-5-2-6-20(18,19)15-10-4-1-3-9(7-10)8-11(14)12(16)17/h1,3-4,7,11,15H,2,5-6,8,14H2,(H,16,17). The highest BCUT2D eigenvalue weighted by Crippen LogP contribution is 2.14. The van der Waals surface area contributed by atoms with Crippen LogP contribution in [0.2, 0.25) is 0 Å². The average Bonchev–Trinajstić information content (AvgIpc) is 2.36. The molecule has 0 saturated heterocycles. The van der Waals surface area contributed by atoms with Gasteiger partial charge in [-0.3, -0.25) is 9.52 Å². The maximum absolute atomic E-state index is 11.7. The Labute approximate surface area is 126 Å². The van der Waals surface area contributed by atoms with Gasteiger partial charge in [0.05, 0.1) is 5.75 Å². The van der Waals surface area contributed by atoms with Crippen LogP contribution in [0.4, 0.5) is 5.69 Å². The highest BCUT2D eigenvalue weighted by Gasteiger charge is 2.13. The van der Waals surface area contributed by atoms with Crippen molar-refractivity contribution in [2.75, 3.05) is 15.8 Å². The molecule has 0 aliphatic heterocycles. The van der Waals surface area contributed by atoms with E-state index < -0.39 is 22.0 Å². The predicted molar refractivity (Wildman–Crippen MR) is 81.6 cm³/mol. The van der Waals surface area contributed by atoms with Gasteiger partial charge in [-0.25, -0.2) is 8.42 Å². The molecule has 0 spiro atoms. The Kier molecular flexibility index (Phi) is 6.44. The zero-order valence-corrected chi connectivity index (χ0v) is 13.2. The number of sulfonamides is 1. The molecule has 8 heteroatoms. The van der Waals surface area contributed by atoms with Crippen LogP contribution in [0, 0.1) is 0 Å². The number of aliphatic carboxylic acids is 1. The Morgan fingerprint density at radius 1 is 1.45 bits per heavy atom. The quantitative estimate of drug-likeness (QED) is 0.599. The van der Waals surface area contributed by atoms with Crippen LogP contribution in [0.25, 0.3) is 0 Å². The van der Waals surface area contributed by atoms with Crippen LogP contribution in [0.1, 0.15) is 12.0 Å². The molecule has 1 unspecified atom stereocenters. The summed E-state index contributed by atoms with van der Waals surface area (Å²) in [6, 6.07) is 5.57. The van der Waals surface area contributed by atoms with Crippen molar-refractivity contribution >= 4 is 37.6 Å². The van der Waals surface area contributed by atoms with E-state index in [1.165, 1.54) is 0 Å². The molecular formula is C12H17BrN2O4S. The molecule has 0 aromatic heterocycles. The Balaban J connectivity index is 2.75. The Morgan fingerprint density at radius 3 is 2.75 bits per heavy atom. The fourth-order valence-corrected chi connectivity index (χ4v) is 3.34. The smallest absolute Gasteiger partial charge is 0.320 e. The van der Waals surface area contributed by atoms with Crippen molar-refractivity contribution < 1.29 is 18.3 Å². The van der Waals surface area contributed by atoms with Crippen LogP contribution < -0.4 is 10.5 Å². The summed E-state index contributed by atoms with van der Waals surface area (Å²) >= 11 is 3.18. The van der Waals surface area contributed by atoms with Crippen molar-refractivity contribution in [2.24, 2.45) is 5.73 Å². The monoisotopic (exact) mass is 364 g/mol. The van der Waals surface area contributed by atoms with Crippen LogP contribution in [0.15, 0.2) is 24.3 Å². The molecule has 0 aliphatic carbocycles. The number of carboxylic acids is 1. The number of nitrogens with two attached hydrogens (primary N) is 1. The van der Waals surface area contributed by atoms with Crippen molar-refractivity contribution in [1.29, 1.82) is 0 Å². The first-order chi connectivity index (χ1) is 9.34. The summed E-state index contributed by atoms with van der Waals surface area (Å²) in [5.41, 5.74) is 6.53. The summed E-state index contributed by atoms with van der Waals surface area (Å²) < 4.78 is 26.0. The van der Waals surface area contributed by atoms with Crippen molar-refractivity contribution in [3.05, 3.63) is 29.8 Å². The lowest BCUT2D eigenvalue weighted by atomic mass is 10.1. The second-order valence-corrected chi connectivity index (χ2v) is 6.95. The molecule has 0 bridgehead atoms. The fourth-order valence-electron chi connectivity index (χ4n) is 1.58. The van der Waals surface area contributed by atoms with Crippen LogP contribution in [-0.2, 0) is 21.2 Å². The molecule has 1 aromatic carbocycles. The molecule has 0 heterocycles. The topological polar surface area (TPSA) is 109 Å². The third-order valence-corrected chi connectivity index (χ3v) is 4.45. The second kappa shape index (κ2) is 7.61. The Hall–Kier alpha value is -1.12. The van der Waals surface area contributed by atoms with Crippen molar-refractivity contribution in [1.82, 2.24) is 0 Å². The maximum Gasteiger partial charge on any atom is 0.320 e. The molecule has 1 atom stereocenters. The minimum atomic E-state index is -3.39. The number of hydrogen-bond acceptors (Lipinski definition) is 4. The van der Waals surface area contributed by atoms with Gasteiger partial charge in [0.2, 0.25) is 10.0 Å². The number of carbonyl (C=O) groups is 1. The number of hydrogen-bond donors (Lipinski definition) is 3. The fraction of sp³-hybridized carbons (Fsp3) is 0.417. The minimum absolute atomic E-state index is 0.0249. The Morgan fingerprint density at radius 2 is 2.15 bits per heavy atom. The lowest BCUT2D eigenvalue weighted by Crippen LogP contribution is -2.32. The molecule has 112 valence electrons. The highest BCUT2D eigenvalue weighted by atomic mass is 79.9. The van der Waals surface area contributed by atoms with Gasteiger partial charge in [0, 0.05) is 11.0 Å². The number of alkyl halides is 1. The summed E-state index contributed by atoms with van der Waals surface area (Å²) in [7, 11) is -3.39. The van der Waals surface area contributed by atoms with Gasteiger partial charge in [0.1, 0.15) is 6.04 Å². The van der Waals surface area contributed by atoms with E-state index >= 15 is 0 Å². The van der Waals surface area contributed by atoms with Gasteiger partial charge in [0.15, 0.2) is 0 Å². The van der Waals surface area contributed by atoms with Gasteiger partial charge in [-0.1, -0.05) is 28.1 Å². The van der Waals surface area contributed by atoms with Crippen LogP contribution in [0.5, 0.6) is 0 Å². The van der Waals surface area contributed by atoms with E-state index in [0.29, 0.717) is 23.0 Å². The summed E-state index contributed by atoms with van der Waals surface area (Å²) in [6.07, 6.45) is 0.658. The summed E-state index contributed by atoms with van der Waals surface area (Å²) in [5, 5.41) is 9.37. The lowest BCUT2D eigenvalue weighted by molar-refractivity contribution is -0.138. The predicted octanol–water partition coefficient (Wildman–Crippen LogP) is 1.17. The minimum Gasteiger partial charge on any atom is -0.480 e. The van der Waals surface area contributed by atoms with E-state index in [2.05, 4.69) is 20.7 Å². The molecule has 0 aliphatic rings. The van der Waals surface area contributed by atoms with E-state index in [9.17, 15) is 13.2 Å². The van der Waals surface area contributed by atoms with E-state index in [1.807, 2.05) is 0 Å². The SMILES string of the molecule is NC(Cc1cccc(NS(=O)(=O)CCCBr)c1)C(=O)O. The van der Waals surface area contributed by atoms with Crippen molar-refractivity contribution in [3.8, 4) is 0 Å². The molecule has 4 N–H and O–H groups in total. The van der Waals surface area contributed by atoms with E-state index in [0.717, 1.165) is 0 Å². The highest BCUT2D eigenvalue weighted by molar-refractivity contribution is 9.09. The van der Waals surface area contributed by atoms with Crippen LogP contribution in [-0.4, -0.2) is 36.6 Å². The van der Waals surface area contributed by atoms with Gasteiger partial charge in [0.25, 0.3) is 0 Å². The number of anilines is 1. The molecular weight excluding hydrogens is 348 g/mol. The van der Waals surface area contributed by atoms with Gasteiger partial charge in [-0.05, 0) is 30.5 Å². The van der Waals surface area contributed by atoms with E-state index in [4.69, 9.17) is 10.8 Å². The number of halogens is 1. The molecule has 0 amide bonds. The summed E-state index contributed by atoms with van der Waals surface area (Å²) in [4.78, 5) is 10.7. The molecule has 0 radical (unpaired) electrons. The molecule has 20 heavy (non-hydrogen) atoms. The summed E-state index contributed by atoms with van der Waals surface area (Å²) in [6.45, 7) is 0. The zero-order chi connectivity index (χ0) is 15.2. The van der Waals surface area contributed by atoms with Crippen LogP contribution in [0.3, 0.4) is 0 Å². The first-order valence-electron chi connectivity index (χ1n) is 5.98. The van der Waals surface area contributed by atoms with Gasteiger partial charge >= 0.3 is 5.97 Å². The van der Waals surface area contributed by atoms with Gasteiger partial charge in [-0.15, -0.1) is 0 Å². The lowest BCUT2D eigenvalue weighted by Gasteiger charge is -2.10. The molecule has 0 saturated carbocycles. The van der Waals surface area contributed by atoms with Crippen molar-refractivity contribution in [2.45, 2.75) is 18.9 Å². The van der Waals surface area contributed by atoms with Crippen molar-refractivity contribution in [3.63, 3.8) is 0 Å². The number of rotatable bonds is 8. The first kappa shape index (κ1) is 16.9. The van der Waals surface area contributed by atoms with Gasteiger partial charge in [-0.2, -0.15) is 0 Å². The number of benzene rings is 1. The molecule has 0 fully saturated rings. The number of carboxylic acid groups (broad SMARTS) is 1. The van der Waals surface area contributed by atoms with Gasteiger partial charge < -0.3 is 10.8 Å². The molecule has 1 rings (SSSR count). The van der Waals surface area contributed by atoms with E-state index in [1.54, 1.807) is 24.3 Å². The molecule has 6 nitrogen and oxygen atoms in total. The number of nitrogens with one attached hydrogen (secondary N) is 1.